The number of halogens is 3. The average molecular weight is 464 g/mol. The van der Waals surface area contributed by atoms with E-state index in [0.717, 1.165) is 17.8 Å². The van der Waals surface area contributed by atoms with Gasteiger partial charge >= 0.3 is 6.18 Å². The lowest BCUT2D eigenvalue weighted by Gasteiger charge is -2.36. The fourth-order valence-corrected chi connectivity index (χ4v) is 4.16. The Morgan fingerprint density at radius 3 is 2.27 bits per heavy atom. The fraction of sp³-hybridized carbons (Fsp3) is 0.435. The first-order chi connectivity index (χ1) is 15.8. The number of piperazine rings is 1. The predicted octanol–water partition coefficient (Wildman–Crippen LogP) is 3.01. The Kier molecular flexibility index (Phi) is 6.94. The van der Waals surface area contributed by atoms with Crippen LogP contribution in [0.5, 0.6) is 5.75 Å². The first kappa shape index (κ1) is 23.2. The van der Waals surface area contributed by atoms with Crippen molar-refractivity contribution in [1.82, 2.24) is 4.90 Å². The number of nitrogens with one attached hydrogen (secondary N) is 1. The van der Waals surface area contributed by atoms with E-state index in [2.05, 4.69) is 5.32 Å². The molecule has 2 aliphatic rings. The van der Waals surface area contributed by atoms with E-state index in [1.807, 2.05) is 26.8 Å². The summed E-state index contributed by atoms with van der Waals surface area (Å²) in [5.41, 5.74) is 0.667. The van der Waals surface area contributed by atoms with Crippen LogP contribution >= 0.6 is 0 Å². The third-order valence-electron chi connectivity index (χ3n) is 5.91. The molecule has 2 fully saturated rings. The number of ether oxygens (including phenoxy) is 1. The van der Waals surface area contributed by atoms with E-state index in [9.17, 15) is 23.1 Å². The number of amides is 1. The quantitative estimate of drug-likeness (QED) is 0.709. The molecule has 2 saturated heterocycles. The highest BCUT2D eigenvalue weighted by atomic mass is 19.4. The number of phenols is 1. The predicted molar refractivity (Wildman–Crippen MR) is 120 cm³/mol. The van der Waals surface area contributed by atoms with Crippen molar-refractivity contribution in [2.24, 2.45) is 0 Å². The largest absolute Gasteiger partial charge is 0.506 e. The van der Waals surface area contributed by atoms with Crippen molar-refractivity contribution in [1.29, 1.82) is 0 Å². The van der Waals surface area contributed by atoms with Crippen LogP contribution in [0.15, 0.2) is 42.5 Å². The van der Waals surface area contributed by atoms with Gasteiger partial charge in [0, 0.05) is 39.3 Å². The molecule has 0 unspecified atom stereocenters. The zero-order chi connectivity index (χ0) is 23.4. The number of nitrogens with zero attached hydrogens (tertiary/aromatic N) is 3. The summed E-state index contributed by atoms with van der Waals surface area (Å²) in [4.78, 5) is 18.7. The normalized spacial score (nSPS) is 17.8. The van der Waals surface area contributed by atoms with Gasteiger partial charge in [-0.05, 0) is 30.3 Å². The monoisotopic (exact) mass is 464 g/mol. The van der Waals surface area contributed by atoms with Gasteiger partial charge in [-0.15, -0.1) is 0 Å². The van der Waals surface area contributed by atoms with Crippen molar-refractivity contribution in [3.63, 3.8) is 0 Å². The molecule has 0 atom stereocenters. The van der Waals surface area contributed by atoms with Crippen molar-refractivity contribution in [2.45, 2.75) is 6.18 Å². The fourth-order valence-electron chi connectivity index (χ4n) is 4.16. The second-order valence-electron chi connectivity index (χ2n) is 8.13. The highest BCUT2D eigenvalue weighted by Crippen LogP contribution is 2.36. The van der Waals surface area contributed by atoms with Gasteiger partial charge in [-0.25, -0.2) is 0 Å². The van der Waals surface area contributed by atoms with Crippen molar-refractivity contribution in [3.05, 3.63) is 48.0 Å². The molecule has 1 amide bonds. The number of carbonyl (C=O) groups is 1. The number of benzene rings is 2. The Labute approximate surface area is 190 Å². The van der Waals surface area contributed by atoms with Gasteiger partial charge in [0.05, 0.1) is 42.4 Å². The standard InChI is InChI=1S/C23H27F3N4O3/c24-23(25,26)17-5-6-19(30-11-13-33-14-12-30)18(15-17)27-22(32)16-28-7-9-29(10-8-28)20-3-1-2-4-21(20)31/h1-6,15,31H,7-14,16H2,(H,27,32). The van der Waals surface area contributed by atoms with Crippen LogP contribution in [-0.2, 0) is 15.7 Å². The van der Waals surface area contributed by atoms with Gasteiger partial charge in [0.1, 0.15) is 5.75 Å². The Morgan fingerprint density at radius 2 is 1.61 bits per heavy atom. The van der Waals surface area contributed by atoms with Crippen LogP contribution in [0.2, 0.25) is 0 Å². The second kappa shape index (κ2) is 9.88. The molecular formula is C23H27F3N4O3. The minimum atomic E-state index is -4.50. The van der Waals surface area contributed by atoms with E-state index in [1.54, 1.807) is 12.1 Å². The number of hydrogen-bond donors (Lipinski definition) is 2. The molecule has 33 heavy (non-hydrogen) atoms. The Hall–Kier alpha value is -2.98. The highest BCUT2D eigenvalue weighted by molar-refractivity contribution is 5.96. The molecular weight excluding hydrogens is 437 g/mol. The summed E-state index contributed by atoms with van der Waals surface area (Å²) in [6.45, 7) is 4.59. The Bertz CT molecular complexity index is 972. The van der Waals surface area contributed by atoms with Gasteiger partial charge in [0.2, 0.25) is 5.91 Å². The van der Waals surface area contributed by atoms with E-state index in [0.29, 0.717) is 58.2 Å². The molecule has 2 aromatic rings. The number of alkyl halides is 3. The molecule has 0 radical (unpaired) electrons. The molecule has 0 aromatic heterocycles. The number of phenolic OH excluding ortho intramolecular Hbond substituents is 1. The van der Waals surface area contributed by atoms with Gasteiger partial charge in [0.25, 0.3) is 0 Å². The second-order valence-corrected chi connectivity index (χ2v) is 8.13. The summed E-state index contributed by atoms with van der Waals surface area (Å²) < 4.78 is 45.2. The third kappa shape index (κ3) is 5.69. The van der Waals surface area contributed by atoms with Crippen LogP contribution in [0.25, 0.3) is 0 Å². The third-order valence-corrected chi connectivity index (χ3v) is 5.91. The van der Waals surface area contributed by atoms with Crippen molar-refractivity contribution >= 4 is 23.0 Å². The van der Waals surface area contributed by atoms with Crippen LogP contribution < -0.4 is 15.1 Å². The van der Waals surface area contributed by atoms with Gasteiger partial charge in [-0.1, -0.05) is 12.1 Å². The maximum Gasteiger partial charge on any atom is 0.416 e. The minimum absolute atomic E-state index is 0.0768. The molecule has 2 aromatic carbocycles. The lowest BCUT2D eigenvalue weighted by molar-refractivity contribution is -0.137. The SMILES string of the molecule is O=C(CN1CCN(c2ccccc2O)CC1)Nc1cc(C(F)(F)F)ccc1N1CCOCC1. The maximum atomic E-state index is 13.3. The van der Waals surface area contributed by atoms with Gasteiger partial charge in [-0.3, -0.25) is 9.69 Å². The molecule has 2 heterocycles. The number of aromatic hydroxyl groups is 1. The first-order valence-corrected chi connectivity index (χ1v) is 10.9. The smallest absolute Gasteiger partial charge is 0.416 e. The number of hydrogen-bond acceptors (Lipinski definition) is 6. The van der Waals surface area contributed by atoms with Crippen LogP contribution in [-0.4, -0.2) is 74.9 Å². The van der Waals surface area contributed by atoms with Crippen molar-refractivity contribution in [3.8, 4) is 5.75 Å². The summed E-state index contributed by atoms with van der Waals surface area (Å²) in [7, 11) is 0. The topological polar surface area (TPSA) is 68.3 Å². The first-order valence-electron chi connectivity index (χ1n) is 10.9. The molecule has 2 N–H and O–H groups in total. The van der Waals surface area contributed by atoms with Crippen LogP contribution in [0.1, 0.15) is 5.56 Å². The molecule has 0 spiro atoms. The molecule has 7 nitrogen and oxygen atoms in total. The zero-order valence-corrected chi connectivity index (χ0v) is 18.1. The van der Waals surface area contributed by atoms with E-state index in [4.69, 9.17) is 4.74 Å². The molecule has 0 saturated carbocycles. The van der Waals surface area contributed by atoms with Gasteiger partial charge in [-0.2, -0.15) is 13.2 Å². The molecule has 2 aliphatic heterocycles. The van der Waals surface area contributed by atoms with Crippen molar-refractivity contribution < 1.29 is 27.8 Å². The van der Waals surface area contributed by atoms with Crippen molar-refractivity contribution in [2.75, 3.05) is 74.1 Å². The molecule has 178 valence electrons. The van der Waals surface area contributed by atoms with Crippen LogP contribution in [0, 0.1) is 0 Å². The van der Waals surface area contributed by atoms with E-state index >= 15 is 0 Å². The molecule has 4 rings (SSSR count). The summed E-state index contributed by atoms with van der Waals surface area (Å²) in [5.74, 6) is -0.149. The van der Waals surface area contributed by atoms with Crippen LogP contribution in [0.3, 0.4) is 0 Å². The molecule has 0 aliphatic carbocycles. The van der Waals surface area contributed by atoms with E-state index in [1.165, 1.54) is 6.07 Å². The van der Waals surface area contributed by atoms with E-state index < -0.39 is 11.7 Å². The highest BCUT2D eigenvalue weighted by Gasteiger charge is 2.32. The number of morpholine rings is 1. The Morgan fingerprint density at radius 1 is 0.939 bits per heavy atom. The van der Waals surface area contributed by atoms with Gasteiger partial charge < -0.3 is 25.0 Å². The maximum absolute atomic E-state index is 13.3. The lowest BCUT2D eigenvalue weighted by Crippen LogP contribution is -2.48. The lowest BCUT2D eigenvalue weighted by atomic mass is 10.1. The van der Waals surface area contributed by atoms with Gasteiger partial charge in [0.15, 0.2) is 0 Å². The number of anilines is 3. The minimum Gasteiger partial charge on any atom is -0.506 e. The summed E-state index contributed by atoms with van der Waals surface area (Å²) in [6.07, 6.45) is -4.50. The zero-order valence-electron chi connectivity index (χ0n) is 18.1. The number of para-hydroxylation sites is 2. The summed E-state index contributed by atoms with van der Waals surface area (Å²) in [5, 5.41) is 12.7. The number of rotatable bonds is 5. The number of carbonyl (C=O) groups excluding carboxylic acids is 1. The summed E-state index contributed by atoms with van der Waals surface area (Å²) in [6, 6.07) is 10.6. The molecule has 0 bridgehead atoms. The van der Waals surface area contributed by atoms with Crippen LogP contribution in [0.4, 0.5) is 30.2 Å². The molecule has 10 heteroatoms. The average Bonchev–Trinajstić information content (AvgIpc) is 2.80. The Balaban J connectivity index is 1.41. The summed E-state index contributed by atoms with van der Waals surface area (Å²) >= 11 is 0. The van der Waals surface area contributed by atoms with E-state index in [-0.39, 0.29) is 23.9 Å².